The predicted octanol–water partition coefficient (Wildman–Crippen LogP) is 4.07. The van der Waals surface area contributed by atoms with Gasteiger partial charge in [0.05, 0.1) is 41.8 Å². The number of para-hydroxylation sites is 3. The minimum absolute atomic E-state index is 0.0394. The van der Waals surface area contributed by atoms with Gasteiger partial charge in [-0.1, -0.05) is 31.5 Å². The van der Waals surface area contributed by atoms with Crippen LogP contribution in [0.1, 0.15) is 70.2 Å². The first-order chi connectivity index (χ1) is 21.4. The smallest absolute Gasteiger partial charge is 0.317 e. The van der Waals surface area contributed by atoms with Crippen LogP contribution in [0.4, 0.5) is 21.9 Å². The Morgan fingerprint density at radius 1 is 1.00 bits per heavy atom. The van der Waals surface area contributed by atoms with E-state index in [4.69, 9.17) is 10.5 Å². The van der Waals surface area contributed by atoms with Crippen LogP contribution >= 0.6 is 0 Å². The number of amides is 5. The van der Waals surface area contributed by atoms with Crippen LogP contribution in [0.15, 0.2) is 42.5 Å². The number of urea groups is 1. The summed E-state index contributed by atoms with van der Waals surface area (Å²) >= 11 is 0. The molecule has 1 heterocycles. The second kappa shape index (κ2) is 16.7. The number of fused-ring (bicyclic) bond motifs is 1. The number of nitrogens with two attached hydrogens (primary N) is 1. The number of hydrogen-bond donors (Lipinski definition) is 5. The lowest BCUT2D eigenvalue weighted by atomic mass is 9.99. The summed E-state index contributed by atoms with van der Waals surface area (Å²) in [4.78, 5) is 54.8. The number of nitrogen functional groups attached to an aromatic ring is 1. The molecule has 1 aliphatic heterocycles. The SMILES string of the molecule is CC(C)NC(=O)N(C)C[C@@H]1Oc2c(NC(=O)CCCCCC(=O)Nc3ccccc3N)cccc2C(=O)N([C@@H](C)CO)C[C@H]1C. The summed E-state index contributed by atoms with van der Waals surface area (Å²) in [6, 6.07) is 11.3. The van der Waals surface area contributed by atoms with Crippen molar-refractivity contribution >= 4 is 40.8 Å². The lowest BCUT2D eigenvalue weighted by Crippen LogP contribution is -2.51. The van der Waals surface area contributed by atoms with Crippen molar-refractivity contribution in [2.75, 3.05) is 43.1 Å². The molecule has 0 fully saturated rings. The Hall–Kier alpha value is -4.32. The van der Waals surface area contributed by atoms with Crippen molar-refractivity contribution in [3.05, 3.63) is 48.0 Å². The van der Waals surface area contributed by atoms with E-state index in [0.717, 1.165) is 0 Å². The first-order valence-corrected chi connectivity index (χ1v) is 15.6. The maximum absolute atomic E-state index is 13.7. The van der Waals surface area contributed by atoms with E-state index in [-0.39, 0.29) is 66.6 Å². The van der Waals surface area contributed by atoms with E-state index in [1.807, 2.05) is 20.8 Å². The Kier molecular flexibility index (Phi) is 13.0. The van der Waals surface area contributed by atoms with Gasteiger partial charge in [0.2, 0.25) is 11.8 Å². The average Bonchev–Trinajstić information content (AvgIpc) is 2.99. The van der Waals surface area contributed by atoms with Crippen molar-refractivity contribution in [1.82, 2.24) is 15.1 Å². The molecule has 0 radical (unpaired) electrons. The largest absolute Gasteiger partial charge is 0.485 e. The second-order valence-corrected chi connectivity index (χ2v) is 12.0. The second-order valence-electron chi connectivity index (χ2n) is 12.0. The minimum atomic E-state index is -0.511. The topological polar surface area (TPSA) is 166 Å². The van der Waals surface area contributed by atoms with Gasteiger partial charge in [0.15, 0.2) is 5.75 Å². The van der Waals surface area contributed by atoms with Crippen LogP contribution in [-0.4, -0.2) is 83.6 Å². The lowest BCUT2D eigenvalue weighted by molar-refractivity contribution is -0.116. The molecular formula is C33H48N6O6. The van der Waals surface area contributed by atoms with E-state index in [1.165, 1.54) is 0 Å². The molecule has 0 bridgehead atoms. The molecule has 45 heavy (non-hydrogen) atoms. The van der Waals surface area contributed by atoms with E-state index >= 15 is 0 Å². The zero-order valence-electron chi connectivity index (χ0n) is 27.0. The van der Waals surface area contributed by atoms with Gasteiger partial charge in [0.1, 0.15) is 6.10 Å². The number of nitrogens with one attached hydrogen (secondary N) is 3. The normalized spacial score (nSPS) is 17.0. The highest BCUT2D eigenvalue weighted by atomic mass is 16.5. The molecule has 0 aliphatic carbocycles. The Labute approximate surface area is 265 Å². The zero-order chi connectivity index (χ0) is 33.1. The van der Waals surface area contributed by atoms with Crippen molar-refractivity contribution in [2.45, 2.75) is 78.0 Å². The summed E-state index contributed by atoms with van der Waals surface area (Å²) < 4.78 is 6.47. The maximum atomic E-state index is 13.7. The van der Waals surface area contributed by atoms with E-state index in [9.17, 15) is 24.3 Å². The van der Waals surface area contributed by atoms with Crippen LogP contribution in [0.2, 0.25) is 0 Å². The van der Waals surface area contributed by atoms with Gasteiger partial charge in [-0.25, -0.2) is 4.79 Å². The average molecular weight is 625 g/mol. The molecule has 246 valence electrons. The summed E-state index contributed by atoms with van der Waals surface area (Å²) in [6.07, 6.45) is 1.87. The fourth-order valence-corrected chi connectivity index (χ4v) is 5.05. The van der Waals surface area contributed by atoms with Gasteiger partial charge in [-0.05, 0) is 57.9 Å². The molecule has 12 nitrogen and oxygen atoms in total. The van der Waals surface area contributed by atoms with Crippen LogP contribution in [0.25, 0.3) is 0 Å². The number of anilines is 3. The number of likely N-dealkylation sites (N-methyl/N-ethyl adjacent to an activating group) is 1. The molecule has 0 saturated carbocycles. The van der Waals surface area contributed by atoms with E-state index < -0.39 is 12.1 Å². The van der Waals surface area contributed by atoms with E-state index in [2.05, 4.69) is 16.0 Å². The number of carbonyl (C=O) groups excluding carboxylic acids is 4. The fourth-order valence-electron chi connectivity index (χ4n) is 5.05. The van der Waals surface area contributed by atoms with Crippen LogP contribution < -0.4 is 26.4 Å². The highest BCUT2D eigenvalue weighted by molar-refractivity contribution is 6.01. The van der Waals surface area contributed by atoms with Crippen LogP contribution in [0.5, 0.6) is 5.75 Å². The summed E-state index contributed by atoms with van der Waals surface area (Å²) in [6.45, 7) is 7.81. The summed E-state index contributed by atoms with van der Waals surface area (Å²) in [5, 5.41) is 18.5. The third kappa shape index (κ3) is 10.1. The molecule has 0 spiro atoms. The van der Waals surface area contributed by atoms with E-state index in [0.29, 0.717) is 49.3 Å². The molecule has 5 amide bonds. The highest BCUT2D eigenvalue weighted by Crippen LogP contribution is 2.35. The van der Waals surface area contributed by atoms with Crippen LogP contribution in [0, 0.1) is 5.92 Å². The number of aliphatic hydroxyl groups excluding tert-OH is 1. The summed E-state index contributed by atoms with van der Waals surface area (Å²) in [7, 11) is 1.68. The molecule has 6 N–H and O–H groups in total. The molecule has 12 heteroatoms. The molecule has 0 unspecified atom stereocenters. The number of aliphatic hydroxyl groups is 1. The Balaban J connectivity index is 1.68. The maximum Gasteiger partial charge on any atom is 0.317 e. The number of ether oxygens (including phenoxy) is 1. The number of hydrogen-bond acceptors (Lipinski definition) is 7. The van der Waals surface area contributed by atoms with Crippen LogP contribution in [-0.2, 0) is 9.59 Å². The van der Waals surface area contributed by atoms with Crippen LogP contribution in [0.3, 0.4) is 0 Å². The Bertz CT molecular complexity index is 1330. The number of rotatable bonds is 13. The summed E-state index contributed by atoms with van der Waals surface area (Å²) in [5.74, 6) is -0.666. The van der Waals surface area contributed by atoms with Gasteiger partial charge in [0.25, 0.3) is 5.91 Å². The minimum Gasteiger partial charge on any atom is -0.485 e. The van der Waals surface area contributed by atoms with Crippen molar-refractivity contribution < 1.29 is 29.0 Å². The highest BCUT2D eigenvalue weighted by Gasteiger charge is 2.35. The number of nitrogens with zero attached hydrogens (tertiary/aromatic N) is 2. The van der Waals surface area contributed by atoms with Crippen molar-refractivity contribution in [1.29, 1.82) is 0 Å². The molecule has 1 aliphatic rings. The monoisotopic (exact) mass is 624 g/mol. The van der Waals surface area contributed by atoms with Gasteiger partial charge in [-0.15, -0.1) is 0 Å². The lowest BCUT2D eigenvalue weighted by Gasteiger charge is -2.38. The molecule has 2 aromatic rings. The quantitative estimate of drug-likeness (QED) is 0.165. The standard InChI is InChI=1S/C33H48N6O6/c1-21(2)35-33(44)38(5)19-28-22(3)18-39(23(4)20-40)32(43)24-12-11-15-27(31(24)45-28)37-30(42)17-8-6-7-16-29(41)36-26-14-10-9-13-25(26)34/h9-15,21-23,28,40H,6-8,16-20,34H2,1-5H3,(H,35,44)(H,36,41)(H,37,42)/t22-,23+,28+/m1/s1. The van der Waals surface area contributed by atoms with E-state index in [1.54, 1.807) is 66.2 Å². The number of benzene rings is 2. The third-order valence-corrected chi connectivity index (χ3v) is 7.72. The van der Waals surface area contributed by atoms with Crippen molar-refractivity contribution in [3.63, 3.8) is 0 Å². The van der Waals surface area contributed by atoms with Crippen molar-refractivity contribution in [3.8, 4) is 5.75 Å². The number of unbranched alkanes of at least 4 members (excludes halogenated alkanes) is 2. The predicted molar refractivity (Wildman–Crippen MR) is 175 cm³/mol. The molecule has 0 aromatic heterocycles. The number of carbonyl (C=O) groups is 4. The molecule has 3 atom stereocenters. The molecule has 3 rings (SSSR count). The van der Waals surface area contributed by atoms with Gasteiger partial charge < -0.3 is 41.3 Å². The molecule has 2 aromatic carbocycles. The third-order valence-electron chi connectivity index (χ3n) is 7.72. The summed E-state index contributed by atoms with van der Waals surface area (Å²) in [5.41, 5.74) is 7.59. The molecular weight excluding hydrogens is 576 g/mol. The van der Waals surface area contributed by atoms with Gasteiger partial charge in [-0.2, -0.15) is 0 Å². The fraction of sp³-hybridized carbons (Fsp3) is 0.515. The Morgan fingerprint density at radius 3 is 2.24 bits per heavy atom. The molecule has 0 saturated heterocycles. The van der Waals surface area contributed by atoms with Gasteiger partial charge in [0, 0.05) is 38.4 Å². The Morgan fingerprint density at radius 2 is 1.62 bits per heavy atom. The van der Waals surface area contributed by atoms with Crippen molar-refractivity contribution in [2.24, 2.45) is 5.92 Å². The first kappa shape index (κ1) is 35.2. The van der Waals surface area contributed by atoms with Gasteiger partial charge >= 0.3 is 6.03 Å². The van der Waals surface area contributed by atoms with Gasteiger partial charge in [-0.3, -0.25) is 14.4 Å². The zero-order valence-corrected chi connectivity index (χ0v) is 27.0. The first-order valence-electron chi connectivity index (χ1n) is 15.6.